The van der Waals surface area contributed by atoms with Gasteiger partial charge < -0.3 is 35.6 Å². The van der Waals surface area contributed by atoms with Crippen LogP contribution in [0.1, 0.15) is 83.5 Å². The van der Waals surface area contributed by atoms with Gasteiger partial charge in [-0.2, -0.15) is 0 Å². The summed E-state index contributed by atoms with van der Waals surface area (Å²) in [7, 11) is 1.29. The Balaban J connectivity index is 1.11. The quantitative estimate of drug-likeness (QED) is 0.132. The van der Waals surface area contributed by atoms with Gasteiger partial charge in [-0.15, -0.1) is 0 Å². The zero-order valence-electron chi connectivity index (χ0n) is 32.4. The van der Waals surface area contributed by atoms with Crippen LogP contribution < -0.4 is 11.1 Å². The number of ether oxygens (including phenoxy) is 1. The van der Waals surface area contributed by atoms with Gasteiger partial charge in [0.1, 0.15) is 17.7 Å². The SMILES string of the molecule is CCN(CC)[C@H](CC(N)=O)C(=O)N1CCC[C@H]1c1ncc(-c2ccc(-c3ccc(-c4cnc([C@@H]5CCCN5C(=O)[C@@H](NC(=O)OC)C(C)C)[nH]4)cc3)cc2)[nH]1. The second-order valence-electron chi connectivity index (χ2n) is 14.7. The van der Waals surface area contributed by atoms with E-state index >= 15 is 0 Å². The zero-order valence-corrected chi connectivity index (χ0v) is 32.4. The van der Waals surface area contributed by atoms with Crippen LogP contribution >= 0.6 is 0 Å². The summed E-state index contributed by atoms with van der Waals surface area (Å²) in [4.78, 5) is 73.0. The predicted octanol–water partition coefficient (Wildman–Crippen LogP) is 5.43. The van der Waals surface area contributed by atoms with Gasteiger partial charge in [0, 0.05) is 13.1 Å². The molecule has 2 aliphatic rings. The molecule has 2 aromatic carbocycles. The minimum atomic E-state index is -0.687. The van der Waals surface area contributed by atoms with Gasteiger partial charge in [0.2, 0.25) is 17.7 Å². The van der Waals surface area contributed by atoms with E-state index in [2.05, 4.69) is 68.8 Å². The molecule has 0 aliphatic carbocycles. The molecule has 0 bridgehead atoms. The number of methoxy groups -OCH3 is 1. The minimum absolute atomic E-state index is 0.00609. The summed E-state index contributed by atoms with van der Waals surface area (Å²) in [6.45, 7) is 10.3. The molecule has 14 heteroatoms. The first-order valence-electron chi connectivity index (χ1n) is 19.3. The second kappa shape index (κ2) is 17.3. The lowest BCUT2D eigenvalue weighted by Gasteiger charge is -2.33. The fourth-order valence-electron chi connectivity index (χ4n) is 7.92. The Morgan fingerprint density at radius 1 is 0.800 bits per heavy atom. The lowest BCUT2D eigenvalue weighted by molar-refractivity contribution is -0.140. The normalized spacial score (nSPS) is 18.2. The molecule has 0 spiro atoms. The highest BCUT2D eigenvalue weighted by Gasteiger charge is 2.39. The van der Waals surface area contributed by atoms with Crippen LogP contribution in [0.2, 0.25) is 0 Å². The first-order chi connectivity index (χ1) is 26.5. The summed E-state index contributed by atoms with van der Waals surface area (Å²) < 4.78 is 4.75. The van der Waals surface area contributed by atoms with Crippen LogP contribution in [0.4, 0.5) is 4.79 Å². The van der Waals surface area contributed by atoms with Crippen molar-refractivity contribution < 1.29 is 23.9 Å². The average Bonchev–Trinajstić information content (AvgIpc) is 4.03. The number of nitrogens with two attached hydrogens (primary N) is 1. The van der Waals surface area contributed by atoms with Crippen LogP contribution in [0, 0.1) is 5.92 Å². The Morgan fingerprint density at radius 2 is 1.25 bits per heavy atom. The van der Waals surface area contributed by atoms with E-state index in [-0.39, 0.29) is 36.2 Å². The maximum atomic E-state index is 13.7. The summed E-state index contributed by atoms with van der Waals surface area (Å²) in [6, 6.07) is 14.9. The van der Waals surface area contributed by atoms with Crippen molar-refractivity contribution >= 4 is 23.8 Å². The Bertz CT molecular complexity index is 1950. The maximum Gasteiger partial charge on any atom is 0.407 e. The number of likely N-dealkylation sites (N-methyl/N-ethyl adjacent to an activating group) is 1. The van der Waals surface area contributed by atoms with Gasteiger partial charge in [0.15, 0.2) is 0 Å². The summed E-state index contributed by atoms with van der Waals surface area (Å²) in [5, 5.41) is 2.69. The number of hydrogen-bond acceptors (Lipinski definition) is 8. The van der Waals surface area contributed by atoms with Crippen LogP contribution in [0.25, 0.3) is 33.6 Å². The number of carbonyl (C=O) groups excluding carboxylic acids is 4. The number of nitrogens with one attached hydrogen (secondary N) is 3. The van der Waals surface area contributed by atoms with Crippen molar-refractivity contribution in [3.8, 4) is 33.6 Å². The predicted molar refractivity (Wildman–Crippen MR) is 209 cm³/mol. The Kier molecular flexibility index (Phi) is 12.3. The number of carbonyl (C=O) groups is 4. The summed E-state index contributed by atoms with van der Waals surface area (Å²) >= 11 is 0. The fraction of sp³-hybridized carbons (Fsp3) is 0.463. The van der Waals surface area contributed by atoms with Gasteiger partial charge in [-0.25, -0.2) is 14.8 Å². The average molecular weight is 752 g/mol. The molecule has 2 aliphatic heterocycles. The number of H-pyrrole nitrogens is 2. The molecular weight excluding hydrogens is 699 g/mol. The van der Waals surface area contributed by atoms with Crippen LogP contribution in [-0.2, 0) is 19.1 Å². The number of alkyl carbamates (subject to hydrolysis) is 1. The van der Waals surface area contributed by atoms with Crippen molar-refractivity contribution in [1.29, 1.82) is 0 Å². The molecule has 6 rings (SSSR count). The standard InChI is InChI=1S/C41H53N9O5/c1-6-48(7-2)34(22-35(42)51)39(52)49-20-8-10-32(49)37-43-23-30(45-37)28-16-12-26(13-17-28)27-14-18-29(19-15-27)31-24-44-38(46-31)33-11-9-21-50(33)40(53)36(25(3)4)47-41(54)55-5/h12-19,23-25,32-34,36H,6-11,20-22H2,1-5H3,(H2,42,51)(H,43,45)(H,44,46)(H,47,54)/t32-,33-,34+,36-/m0/s1. The third-order valence-electron chi connectivity index (χ3n) is 10.9. The number of rotatable bonds is 14. The topological polar surface area (TPSA) is 183 Å². The molecule has 5 N–H and O–H groups in total. The third-order valence-corrected chi connectivity index (χ3v) is 10.9. The van der Waals surface area contributed by atoms with Gasteiger partial charge in [0.05, 0.1) is 55.4 Å². The summed E-state index contributed by atoms with van der Waals surface area (Å²) in [6.07, 6.45) is 6.27. The van der Waals surface area contributed by atoms with Crippen LogP contribution in [0.15, 0.2) is 60.9 Å². The third kappa shape index (κ3) is 8.59. The Morgan fingerprint density at radius 3 is 1.67 bits per heavy atom. The number of amides is 4. The van der Waals surface area contributed by atoms with Gasteiger partial charge in [-0.3, -0.25) is 19.3 Å². The molecule has 2 aromatic heterocycles. The number of likely N-dealkylation sites (tertiary alicyclic amines) is 2. The summed E-state index contributed by atoms with van der Waals surface area (Å²) in [5.74, 6) is 0.657. The van der Waals surface area contributed by atoms with Gasteiger partial charge in [-0.1, -0.05) is 76.2 Å². The number of benzene rings is 2. The van der Waals surface area contributed by atoms with E-state index < -0.39 is 24.1 Å². The van der Waals surface area contributed by atoms with E-state index in [1.54, 1.807) is 6.20 Å². The number of nitrogens with zero attached hydrogens (tertiary/aromatic N) is 5. The Hall–Kier alpha value is -5.50. The molecule has 292 valence electrons. The molecule has 0 unspecified atom stereocenters. The zero-order chi connectivity index (χ0) is 39.2. The molecule has 55 heavy (non-hydrogen) atoms. The molecule has 4 heterocycles. The largest absolute Gasteiger partial charge is 0.453 e. The lowest BCUT2D eigenvalue weighted by atomic mass is 10.0. The van der Waals surface area contributed by atoms with Crippen molar-refractivity contribution in [2.75, 3.05) is 33.3 Å². The molecular formula is C41H53N9O5. The molecule has 2 saturated heterocycles. The highest BCUT2D eigenvalue weighted by atomic mass is 16.5. The smallest absolute Gasteiger partial charge is 0.407 e. The monoisotopic (exact) mass is 751 g/mol. The second-order valence-corrected chi connectivity index (χ2v) is 14.7. The molecule has 4 atom stereocenters. The van der Waals surface area contributed by atoms with E-state index in [0.29, 0.717) is 26.2 Å². The van der Waals surface area contributed by atoms with E-state index in [0.717, 1.165) is 71.0 Å². The van der Waals surface area contributed by atoms with E-state index in [9.17, 15) is 19.2 Å². The minimum Gasteiger partial charge on any atom is -0.453 e. The number of aromatic amines is 2. The van der Waals surface area contributed by atoms with Crippen molar-refractivity contribution in [2.45, 2.75) is 84.0 Å². The van der Waals surface area contributed by atoms with Crippen molar-refractivity contribution in [3.63, 3.8) is 0 Å². The number of aromatic nitrogens is 4. The van der Waals surface area contributed by atoms with E-state index in [4.69, 9.17) is 15.5 Å². The highest BCUT2D eigenvalue weighted by Crippen LogP contribution is 2.35. The van der Waals surface area contributed by atoms with Gasteiger partial charge in [0.25, 0.3) is 0 Å². The first kappa shape index (κ1) is 39.2. The Labute approximate surface area is 322 Å². The maximum absolute atomic E-state index is 13.7. The van der Waals surface area contributed by atoms with E-state index in [1.165, 1.54) is 7.11 Å². The number of primary amides is 1. The fourth-order valence-corrected chi connectivity index (χ4v) is 7.92. The van der Waals surface area contributed by atoms with Crippen molar-refractivity contribution in [1.82, 2.24) is 40.0 Å². The van der Waals surface area contributed by atoms with Crippen LogP contribution in [-0.4, -0.2) is 104 Å². The van der Waals surface area contributed by atoms with Crippen LogP contribution in [0.3, 0.4) is 0 Å². The number of hydrogen-bond donors (Lipinski definition) is 4. The summed E-state index contributed by atoms with van der Waals surface area (Å²) in [5.41, 5.74) is 11.4. The van der Waals surface area contributed by atoms with E-state index in [1.807, 2.05) is 48.6 Å². The molecule has 0 saturated carbocycles. The highest BCUT2D eigenvalue weighted by molar-refractivity contribution is 5.88. The molecule has 4 amide bonds. The van der Waals surface area contributed by atoms with Crippen molar-refractivity contribution in [2.24, 2.45) is 11.7 Å². The van der Waals surface area contributed by atoms with Crippen molar-refractivity contribution in [3.05, 3.63) is 72.6 Å². The molecule has 14 nitrogen and oxygen atoms in total. The van der Waals surface area contributed by atoms with Gasteiger partial charge in [-0.05, 0) is 66.9 Å². The number of imidazole rings is 2. The molecule has 0 radical (unpaired) electrons. The first-order valence-corrected chi connectivity index (χ1v) is 19.3. The van der Waals surface area contributed by atoms with Gasteiger partial charge >= 0.3 is 6.09 Å². The molecule has 4 aromatic rings. The van der Waals surface area contributed by atoms with Crippen LogP contribution in [0.5, 0.6) is 0 Å². The molecule has 2 fully saturated rings. The lowest BCUT2D eigenvalue weighted by Crippen LogP contribution is -2.51.